The molecule has 0 bridgehead atoms. The molecule has 182 valence electrons. The molecule has 9 heteroatoms. The molecule has 0 radical (unpaired) electrons. The Labute approximate surface area is 214 Å². The third kappa shape index (κ3) is 5.59. The van der Waals surface area contributed by atoms with Crippen LogP contribution in [0.25, 0.3) is 0 Å². The molecule has 6 nitrogen and oxygen atoms in total. The van der Waals surface area contributed by atoms with Crippen molar-refractivity contribution in [2.45, 2.75) is 30.7 Å². The second kappa shape index (κ2) is 10.5. The fourth-order valence-corrected chi connectivity index (χ4v) is 6.25. The van der Waals surface area contributed by atoms with E-state index in [1.165, 1.54) is 22.5 Å². The minimum atomic E-state index is -3.87. The van der Waals surface area contributed by atoms with Crippen LogP contribution in [0.5, 0.6) is 0 Å². The molecule has 0 saturated carbocycles. The van der Waals surface area contributed by atoms with Gasteiger partial charge in [0.25, 0.3) is 0 Å². The summed E-state index contributed by atoms with van der Waals surface area (Å²) in [6.45, 7) is 1.59. The minimum Gasteiger partial charge on any atom is -0.457 e. The summed E-state index contributed by atoms with van der Waals surface area (Å²) in [5, 5.41) is 0.546. The van der Waals surface area contributed by atoms with Gasteiger partial charge in [0.2, 0.25) is 15.8 Å². The average Bonchev–Trinajstić information content (AvgIpc) is 2.83. The molecule has 1 atom stereocenters. The van der Waals surface area contributed by atoms with Gasteiger partial charge in [-0.1, -0.05) is 65.2 Å². The smallest absolute Gasteiger partial charge is 0.308 e. The van der Waals surface area contributed by atoms with Crippen LogP contribution >= 0.6 is 23.2 Å². The minimum absolute atomic E-state index is 0.161. The number of ether oxygens (including phenoxy) is 1. The van der Waals surface area contributed by atoms with E-state index in [0.717, 1.165) is 16.7 Å². The molecule has 1 aliphatic heterocycles. The van der Waals surface area contributed by atoms with Gasteiger partial charge in [0, 0.05) is 17.1 Å². The molecule has 0 aliphatic carbocycles. The molecule has 1 aliphatic rings. The molecular formula is C26H23Cl2NO5S. The highest BCUT2D eigenvalue weighted by Crippen LogP contribution is 2.36. The number of benzene rings is 3. The summed E-state index contributed by atoms with van der Waals surface area (Å²) in [6.07, 6.45) is 0.296. The number of nitrogens with zero attached hydrogens (tertiary/aromatic N) is 1. The van der Waals surface area contributed by atoms with E-state index in [1.807, 2.05) is 31.2 Å². The Morgan fingerprint density at radius 3 is 2.46 bits per heavy atom. The van der Waals surface area contributed by atoms with Crippen LogP contribution < -0.4 is 0 Å². The summed E-state index contributed by atoms with van der Waals surface area (Å²) in [7, 11) is -3.87. The Morgan fingerprint density at radius 2 is 1.74 bits per heavy atom. The van der Waals surface area contributed by atoms with Crippen molar-refractivity contribution in [3.63, 3.8) is 0 Å². The van der Waals surface area contributed by atoms with Crippen LogP contribution in [0.1, 0.15) is 39.5 Å². The third-order valence-corrected chi connectivity index (χ3v) is 8.42. The Bertz CT molecular complexity index is 1370. The molecule has 4 rings (SSSR count). The zero-order chi connectivity index (χ0) is 25.2. The van der Waals surface area contributed by atoms with Crippen LogP contribution in [0.15, 0.2) is 71.6 Å². The molecular weight excluding hydrogens is 509 g/mol. The van der Waals surface area contributed by atoms with E-state index < -0.39 is 34.4 Å². The highest BCUT2D eigenvalue weighted by molar-refractivity contribution is 7.89. The summed E-state index contributed by atoms with van der Waals surface area (Å²) in [4.78, 5) is 25.5. The molecule has 1 heterocycles. The fourth-order valence-electron chi connectivity index (χ4n) is 4.13. The zero-order valence-corrected chi connectivity index (χ0v) is 21.2. The first-order valence-electron chi connectivity index (χ1n) is 11.0. The number of halogens is 2. The van der Waals surface area contributed by atoms with Gasteiger partial charge in [0.1, 0.15) is 0 Å². The molecule has 0 saturated heterocycles. The first-order chi connectivity index (χ1) is 16.7. The van der Waals surface area contributed by atoms with Gasteiger partial charge < -0.3 is 4.74 Å². The van der Waals surface area contributed by atoms with Crippen LogP contribution in [-0.2, 0) is 26.0 Å². The van der Waals surface area contributed by atoms with E-state index in [1.54, 1.807) is 24.3 Å². The molecule has 35 heavy (non-hydrogen) atoms. The number of esters is 1. The lowest BCUT2D eigenvalue weighted by atomic mass is 9.92. The summed E-state index contributed by atoms with van der Waals surface area (Å²) in [6, 6.07) is 17.7. The summed E-state index contributed by atoms with van der Waals surface area (Å²) in [5.41, 5.74) is 2.86. The molecule has 1 unspecified atom stereocenters. The molecule has 0 amide bonds. The molecule has 0 aromatic heterocycles. The summed E-state index contributed by atoms with van der Waals surface area (Å²) < 4.78 is 33.6. The molecule has 0 spiro atoms. The number of ketones is 1. The predicted molar refractivity (Wildman–Crippen MR) is 134 cm³/mol. The van der Waals surface area contributed by atoms with Crippen molar-refractivity contribution in [2.75, 3.05) is 13.2 Å². The van der Waals surface area contributed by atoms with E-state index in [0.29, 0.717) is 11.4 Å². The quantitative estimate of drug-likeness (QED) is 0.301. The van der Waals surface area contributed by atoms with Crippen molar-refractivity contribution in [1.82, 2.24) is 4.31 Å². The van der Waals surface area contributed by atoms with Crippen molar-refractivity contribution < 1.29 is 22.7 Å². The average molecular weight is 532 g/mol. The van der Waals surface area contributed by atoms with E-state index in [-0.39, 0.29) is 28.4 Å². The Hall–Kier alpha value is -2.71. The normalized spacial score (nSPS) is 15.9. The van der Waals surface area contributed by atoms with Gasteiger partial charge in [-0.3, -0.25) is 9.59 Å². The SMILES string of the molecule is Cc1ccc(S(=O)(=O)N2CCc3ccccc3C2CC(=O)OCC(=O)c2ccc(Cl)cc2Cl)cc1. The largest absolute Gasteiger partial charge is 0.457 e. The zero-order valence-electron chi connectivity index (χ0n) is 18.9. The van der Waals surface area contributed by atoms with Gasteiger partial charge in [0.05, 0.1) is 22.4 Å². The number of carbonyl (C=O) groups is 2. The summed E-state index contributed by atoms with van der Waals surface area (Å²) in [5.74, 6) is -1.16. The second-order valence-electron chi connectivity index (χ2n) is 8.31. The van der Waals surface area contributed by atoms with Gasteiger partial charge >= 0.3 is 5.97 Å². The lowest BCUT2D eigenvalue weighted by Gasteiger charge is -2.36. The standard InChI is InChI=1S/C26H23Cl2NO5S/c1-17-6-9-20(10-7-17)35(32,33)29-13-12-18-4-2-3-5-21(18)24(29)15-26(31)34-16-25(30)22-11-8-19(27)14-23(22)28/h2-11,14,24H,12-13,15-16H2,1H3. The third-order valence-electron chi connectivity index (χ3n) is 5.95. The van der Waals surface area contributed by atoms with Crippen molar-refractivity contribution in [3.8, 4) is 0 Å². The van der Waals surface area contributed by atoms with E-state index in [4.69, 9.17) is 27.9 Å². The first kappa shape index (κ1) is 25.4. The number of hydrogen-bond acceptors (Lipinski definition) is 5. The summed E-state index contributed by atoms with van der Waals surface area (Å²) >= 11 is 11.9. The van der Waals surface area contributed by atoms with Crippen LogP contribution in [0.3, 0.4) is 0 Å². The number of fused-ring (bicyclic) bond motifs is 1. The topological polar surface area (TPSA) is 80.8 Å². The first-order valence-corrected chi connectivity index (χ1v) is 13.2. The highest BCUT2D eigenvalue weighted by Gasteiger charge is 2.37. The Balaban J connectivity index is 1.55. The highest BCUT2D eigenvalue weighted by atomic mass is 35.5. The molecule has 0 fully saturated rings. The van der Waals surface area contributed by atoms with Gasteiger partial charge in [-0.15, -0.1) is 0 Å². The lowest BCUT2D eigenvalue weighted by molar-refractivity contribution is -0.143. The van der Waals surface area contributed by atoms with Gasteiger partial charge in [0.15, 0.2) is 6.61 Å². The number of carbonyl (C=O) groups excluding carboxylic acids is 2. The second-order valence-corrected chi connectivity index (χ2v) is 11.0. The van der Waals surface area contributed by atoms with Crippen LogP contribution in [0.4, 0.5) is 0 Å². The van der Waals surface area contributed by atoms with E-state index >= 15 is 0 Å². The molecule has 0 N–H and O–H groups in total. The van der Waals surface area contributed by atoms with Crippen molar-refractivity contribution >= 4 is 45.0 Å². The van der Waals surface area contributed by atoms with Crippen molar-refractivity contribution in [3.05, 3.63) is 99.0 Å². The van der Waals surface area contributed by atoms with Crippen molar-refractivity contribution in [1.29, 1.82) is 0 Å². The van der Waals surface area contributed by atoms with Crippen LogP contribution in [0.2, 0.25) is 10.0 Å². The number of rotatable bonds is 7. The van der Waals surface area contributed by atoms with Crippen LogP contribution in [0, 0.1) is 6.92 Å². The number of hydrogen-bond donors (Lipinski definition) is 0. The lowest BCUT2D eigenvalue weighted by Crippen LogP contribution is -2.41. The maximum Gasteiger partial charge on any atom is 0.308 e. The van der Waals surface area contributed by atoms with Crippen LogP contribution in [-0.4, -0.2) is 37.6 Å². The Morgan fingerprint density at radius 1 is 1.03 bits per heavy atom. The van der Waals surface area contributed by atoms with Crippen molar-refractivity contribution in [2.24, 2.45) is 0 Å². The number of aryl methyl sites for hydroxylation is 1. The maximum atomic E-state index is 13.5. The van der Waals surface area contributed by atoms with Gasteiger partial charge in [-0.2, -0.15) is 4.31 Å². The molecule has 3 aromatic rings. The van der Waals surface area contributed by atoms with Gasteiger partial charge in [-0.05, 0) is 54.8 Å². The fraction of sp³-hybridized carbons (Fsp3) is 0.231. The van der Waals surface area contributed by atoms with E-state index in [2.05, 4.69) is 0 Å². The predicted octanol–water partition coefficient (Wildman–Crippen LogP) is 5.41. The number of Topliss-reactive ketones (excluding diaryl/α,β-unsaturated/α-hetero) is 1. The van der Waals surface area contributed by atoms with E-state index in [9.17, 15) is 18.0 Å². The van der Waals surface area contributed by atoms with Gasteiger partial charge in [-0.25, -0.2) is 8.42 Å². The number of sulfonamides is 1. The maximum absolute atomic E-state index is 13.5. The molecule has 3 aromatic carbocycles. The monoisotopic (exact) mass is 531 g/mol. The Kier molecular flexibility index (Phi) is 7.62.